The molecule has 0 rings (SSSR count). The molecule has 2 N–H and O–H groups in total. The van der Waals surface area contributed by atoms with Crippen molar-refractivity contribution in [2.45, 2.75) is 89.8 Å². The molecule has 0 aromatic rings. The minimum atomic E-state index is -1.93. The van der Waals surface area contributed by atoms with Crippen LogP contribution in [0.25, 0.3) is 0 Å². The van der Waals surface area contributed by atoms with Gasteiger partial charge in [0.15, 0.2) is 0 Å². The maximum absolute atomic E-state index is 11.6. The Balaban J connectivity index is 3.91. The molecule has 0 saturated carbocycles. The molecule has 130 valence electrons. The fourth-order valence-electron chi connectivity index (χ4n) is 2.60. The number of rotatable bonds is 13. The summed E-state index contributed by atoms with van der Waals surface area (Å²) in [7, 11) is 1.21. The van der Waals surface area contributed by atoms with E-state index in [4.69, 9.17) is 0 Å². The molecule has 0 heterocycles. The van der Waals surface area contributed by atoms with Crippen LogP contribution in [0.1, 0.15) is 78.1 Å². The highest BCUT2D eigenvalue weighted by Crippen LogP contribution is 2.21. The molecule has 4 nitrogen and oxygen atoms in total. The van der Waals surface area contributed by atoms with Gasteiger partial charge in [-0.3, -0.25) is 0 Å². The topological polar surface area (TPSA) is 66.8 Å². The fraction of sp³-hybridized carbons (Fsp3) is 0.833. The molecule has 0 aliphatic rings. The predicted octanol–water partition coefficient (Wildman–Crippen LogP) is 3.75. The van der Waals surface area contributed by atoms with Gasteiger partial charge in [0, 0.05) is 0 Å². The number of esters is 1. The number of methoxy groups -OCH3 is 1. The molecule has 0 saturated heterocycles. The highest BCUT2D eigenvalue weighted by atomic mass is 16.5. The Morgan fingerprint density at radius 2 is 1.59 bits per heavy atom. The molecule has 0 amide bonds. The molecule has 22 heavy (non-hydrogen) atoms. The Bertz CT molecular complexity index is 314. The van der Waals surface area contributed by atoms with Crippen LogP contribution in [0.3, 0.4) is 0 Å². The summed E-state index contributed by atoms with van der Waals surface area (Å²) >= 11 is 0. The standard InChI is InChI=1S/C18H34O4/c1-4-6-7-8-9-10-11-12-13-14-16(19)18(21,15-5-2)17(20)22-3/h5,15-16,19,21H,4,6-14H2,1-3H3/b15-5-/t16-,18-/m0/s1. The molecular weight excluding hydrogens is 280 g/mol. The molecule has 0 aromatic heterocycles. The van der Waals surface area contributed by atoms with Crippen LogP contribution < -0.4 is 0 Å². The molecule has 0 aliphatic heterocycles. The van der Waals surface area contributed by atoms with Gasteiger partial charge in [-0.1, -0.05) is 70.8 Å². The Hall–Kier alpha value is -0.870. The first kappa shape index (κ1) is 21.1. The lowest BCUT2D eigenvalue weighted by Crippen LogP contribution is -2.48. The summed E-state index contributed by atoms with van der Waals surface area (Å²) in [6.07, 6.45) is 12.8. The van der Waals surface area contributed by atoms with Crippen LogP contribution in [-0.2, 0) is 9.53 Å². The summed E-state index contributed by atoms with van der Waals surface area (Å²) in [6.45, 7) is 3.91. The van der Waals surface area contributed by atoms with Gasteiger partial charge in [0.1, 0.15) is 0 Å². The second-order valence-corrected chi connectivity index (χ2v) is 5.95. The lowest BCUT2D eigenvalue weighted by atomic mass is 9.91. The normalized spacial score (nSPS) is 15.7. The maximum Gasteiger partial charge on any atom is 0.344 e. The van der Waals surface area contributed by atoms with Crippen molar-refractivity contribution < 1.29 is 19.7 Å². The van der Waals surface area contributed by atoms with Gasteiger partial charge in [0.25, 0.3) is 0 Å². The lowest BCUT2D eigenvalue weighted by Gasteiger charge is -2.27. The van der Waals surface area contributed by atoms with Crippen molar-refractivity contribution in [3.05, 3.63) is 12.2 Å². The number of unbranched alkanes of at least 4 members (excludes halogenated alkanes) is 8. The van der Waals surface area contributed by atoms with E-state index in [9.17, 15) is 15.0 Å². The van der Waals surface area contributed by atoms with Crippen molar-refractivity contribution in [2.24, 2.45) is 0 Å². The Morgan fingerprint density at radius 3 is 2.05 bits per heavy atom. The van der Waals surface area contributed by atoms with Crippen LogP contribution in [-0.4, -0.2) is 35.0 Å². The number of aliphatic hydroxyl groups is 2. The maximum atomic E-state index is 11.6. The van der Waals surface area contributed by atoms with E-state index in [1.54, 1.807) is 13.0 Å². The summed E-state index contributed by atoms with van der Waals surface area (Å²) in [5, 5.41) is 20.4. The molecule has 0 aromatic carbocycles. The molecule has 0 spiro atoms. The second kappa shape index (κ2) is 12.7. The van der Waals surface area contributed by atoms with E-state index in [1.165, 1.54) is 51.7 Å². The number of allylic oxidation sites excluding steroid dienone is 1. The van der Waals surface area contributed by atoms with E-state index in [0.717, 1.165) is 19.3 Å². The Kier molecular flexibility index (Phi) is 12.2. The Morgan fingerprint density at radius 1 is 1.09 bits per heavy atom. The fourth-order valence-corrected chi connectivity index (χ4v) is 2.60. The number of ether oxygens (including phenoxy) is 1. The van der Waals surface area contributed by atoms with Gasteiger partial charge in [-0.25, -0.2) is 4.79 Å². The first-order valence-corrected chi connectivity index (χ1v) is 8.65. The number of hydrogen-bond acceptors (Lipinski definition) is 4. The van der Waals surface area contributed by atoms with Crippen LogP contribution in [0.2, 0.25) is 0 Å². The highest BCUT2D eigenvalue weighted by Gasteiger charge is 2.41. The van der Waals surface area contributed by atoms with Gasteiger partial charge in [-0.05, 0) is 19.4 Å². The summed E-state index contributed by atoms with van der Waals surface area (Å²) in [5.41, 5.74) is -1.93. The van der Waals surface area contributed by atoms with Crippen molar-refractivity contribution in [1.29, 1.82) is 0 Å². The highest BCUT2D eigenvalue weighted by molar-refractivity contribution is 5.82. The number of carbonyl (C=O) groups excluding carboxylic acids is 1. The third kappa shape index (κ3) is 7.95. The van der Waals surface area contributed by atoms with Crippen LogP contribution in [0.5, 0.6) is 0 Å². The third-order valence-corrected chi connectivity index (χ3v) is 4.02. The van der Waals surface area contributed by atoms with E-state index in [0.29, 0.717) is 6.42 Å². The van der Waals surface area contributed by atoms with Crippen molar-refractivity contribution in [3.63, 3.8) is 0 Å². The third-order valence-electron chi connectivity index (χ3n) is 4.02. The molecule has 0 aliphatic carbocycles. The zero-order valence-electron chi connectivity index (χ0n) is 14.5. The molecule has 0 unspecified atom stereocenters. The van der Waals surface area contributed by atoms with Gasteiger partial charge >= 0.3 is 5.97 Å². The molecule has 4 heteroatoms. The Labute approximate surface area is 135 Å². The van der Waals surface area contributed by atoms with Crippen LogP contribution in [0.4, 0.5) is 0 Å². The zero-order chi connectivity index (χ0) is 16.8. The van der Waals surface area contributed by atoms with Gasteiger partial charge < -0.3 is 14.9 Å². The average molecular weight is 314 g/mol. The van der Waals surface area contributed by atoms with Gasteiger partial charge in [0.05, 0.1) is 13.2 Å². The van der Waals surface area contributed by atoms with E-state index in [2.05, 4.69) is 11.7 Å². The molecule has 2 atom stereocenters. The second-order valence-electron chi connectivity index (χ2n) is 5.95. The number of carbonyl (C=O) groups is 1. The first-order valence-electron chi connectivity index (χ1n) is 8.65. The predicted molar refractivity (Wildman–Crippen MR) is 89.6 cm³/mol. The monoisotopic (exact) mass is 314 g/mol. The molecular formula is C18H34O4. The lowest BCUT2D eigenvalue weighted by molar-refractivity contribution is -0.167. The van der Waals surface area contributed by atoms with Crippen molar-refractivity contribution >= 4 is 5.97 Å². The van der Waals surface area contributed by atoms with Gasteiger partial charge in [-0.2, -0.15) is 0 Å². The minimum Gasteiger partial charge on any atom is -0.467 e. The molecule has 0 bridgehead atoms. The molecule has 0 radical (unpaired) electrons. The number of aliphatic hydroxyl groups excluding tert-OH is 1. The summed E-state index contributed by atoms with van der Waals surface area (Å²) in [5.74, 6) is -0.811. The van der Waals surface area contributed by atoms with Gasteiger partial charge in [-0.15, -0.1) is 0 Å². The van der Waals surface area contributed by atoms with Crippen molar-refractivity contribution in [3.8, 4) is 0 Å². The first-order chi connectivity index (χ1) is 10.5. The summed E-state index contributed by atoms with van der Waals surface area (Å²) in [4.78, 5) is 11.6. The summed E-state index contributed by atoms with van der Waals surface area (Å²) in [6, 6.07) is 0. The van der Waals surface area contributed by atoms with E-state index in [-0.39, 0.29) is 0 Å². The quantitative estimate of drug-likeness (QED) is 0.309. The number of hydrogen-bond donors (Lipinski definition) is 2. The van der Waals surface area contributed by atoms with E-state index >= 15 is 0 Å². The smallest absolute Gasteiger partial charge is 0.344 e. The van der Waals surface area contributed by atoms with E-state index < -0.39 is 17.7 Å². The minimum absolute atomic E-state index is 0.395. The largest absolute Gasteiger partial charge is 0.467 e. The van der Waals surface area contributed by atoms with Crippen molar-refractivity contribution in [1.82, 2.24) is 0 Å². The van der Waals surface area contributed by atoms with Crippen LogP contribution in [0.15, 0.2) is 12.2 Å². The van der Waals surface area contributed by atoms with Gasteiger partial charge in [0.2, 0.25) is 5.60 Å². The summed E-state index contributed by atoms with van der Waals surface area (Å²) < 4.78 is 4.58. The zero-order valence-corrected chi connectivity index (χ0v) is 14.5. The average Bonchev–Trinajstić information content (AvgIpc) is 2.52. The van der Waals surface area contributed by atoms with Crippen LogP contribution in [0, 0.1) is 0 Å². The van der Waals surface area contributed by atoms with Crippen molar-refractivity contribution in [2.75, 3.05) is 7.11 Å². The van der Waals surface area contributed by atoms with Crippen LogP contribution >= 0.6 is 0 Å². The SMILES string of the molecule is C/C=C\[C@@](O)(C(=O)OC)[C@@H](O)CCCCCCCCCCC. The molecule has 0 fully saturated rings. The van der Waals surface area contributed by atoms with E-state index in [1.807, 2.05) is 0 Å².